The lowest BCUT2D eigenvalue weighted by atomic mass is 10.1. The smallest absolute Gasteiger partial charge is 0.227 e. The number of hydrogen-bond acceptors (Lipinski definition) is 3. The zero-order valence-electron chi connectivity index (χ0n) is 11.0. The van der Waals surface area contributed by atoms with Gasteiger partial charge in [-0.1, -0.05) is 23.9 Å². The van der Waals surface area contributed by atoms with Crippen molar-refractivity contribution >= 4 is 44.4 Å². The highest BCUT2D eigenvalue weighted by Gasteiger charge is 2.31. The van der Waals surface area contributed by atoms with Crippen molar-refractivity contribution in [3.63, 3.8) is 0 Å². The van der Waals surface area contributed by atoms with Crippen molar-refractivity contribution in [1.82, 2.24) is 0 Å². The van der Waals surface area contributed by atoms with E-state index in [0.29, 0.717) is 13.0 Å². The van der Waals surface area contributed by atoms with E-state index in [1.807, 2.05) is 30.0 Å². The fourth-order valence-electron chi connectivity index (χ4n) is 2.20. The summed E-state index contributed by atoms with van der Waals surface area (Å²) in [6.45, 7) is 4.27. The topological polar surface area (TPSA) is 37.4 Å². The summed E-state index contributed by atoms with van der Waals surface area (Å²) >= 11 is 4.85. The van der Waals surface area contributed by atoms with Crippen LogP contribution in [0.2, 0.25) is 0 Å². The highest BCUT2D eigenvalue weighted by atomic mass is 79.9. The van der Waals surface area contributed by atoms with Crippen molar-refractivity contribution in [2.24, 2.45) is 5.92 Å². The van der Waals surface area contributed by atoms with E-state index >= 15 is 0 Å². The van der Waals surface area contributed by atoms with E-state index in [-0.39, 0.29) is 16.9 Å². The summed E-state index contributed by atoms with van der Waals surface area (Å²) in [5, 5.41) is 0.114. The van der Waals surface area contributed by atoms with Gasteiger partial charge in [0.25, 0.3) is 0 Å². The van der Waals surface area contributed by atoms with Crippen LogP contribution in [0.4, 0.5) is 5.69 Å². The highest BCUT2D eigenvalue weighted by Crippen LogP contribution is 2.34. The molecule has 3 nitrogen and oxygen atoms in total. The normalized spacial score (nSPS) is 19.0. The van der Waals surface area contributed by atoms with Crippen LogP contribution in [0, 0.1) is 12.8 Å². The molecular formula is C14H16BrNO2S. The number of benzene rings is 1. The summed E-state index contributed by atoms with van der Waals surface area (Å²) in [4.78, 5) is 24.9. The molecule has 1 heterocycles. The monoisotopic (exact) mass is 341 g/mol. The molecule has 1 amide bonds. The lowest BCUT2D eigenvalue weighted by molar-refractivity contribution is -0.117. The molecule has 1 unspecified atom stereocenters. The Morgan fingerprint density at radius 2 is 2.26 bits per heavy atom. The first-order valence-electron chi connectivity index (χ1n) is 6.18. The maximum Gasteiger partial charge on any atom is 0.227 e. The lowest BCUT2D eigenvalue weighted by Gasteiger charge is -2.19. The van der Waals surface area contributed by atoms with Crippen LogP contribution in [-0.4, -0.2) is 23.3 Å². The van der Waals surface area contributed by atoms with Crippen LogP contribution in [0.25, 0.3) is 0 Å². The molecule has 1 saturated heterocycles. The van der Waals surface area contributed by atoms with Gasteiger partial charge in [0.2, 0.25) is 5.91 Å². The number of thioether (sulfide) groups is 1. The van der Waals surface area contributed by atoms with Gasteiger partial charge in [0.15, 0.2) is 5.12 Å². The zero-order chi connectivity index (χ0) is 14.0. The molecule has 0 N–H and O–H groups in total. The van der Waals surface area contributed by atoms with Gasteiger partial charge >= 0.3 is 0 Å². The Morgan fingerprint density at radius 1 is 1.53 bits per heavy atom. The average molecular weight is 342 g/mol. The fraction of sp³-hybridized carbons (Fsp3) is 0.429. The molecule has 2 rings (SSSR count). The summed E-state index contributed by atoms with van der Waals surface area (Å²) in [6, 6.07) is 5.92. The minimum Gasteiger partial charge on any atom is -0.311 e. The number of nitrogens with zero attached hydrogens (tertiary/aromatic N) is 1. The molecule has 0 saturated carbocycles. The molecule has 1 aliphatic heterocycles. The molecule has 0 aromatic heterocycles. The molecule has 5 heteroatoms. The van der Waals surface area contributed by atoms with E-state index in [0.717, 1.165) is 21.5 Å². The standard InChI is InChI=1S/C14H16BrNO2S/c1-9-4-3-5-12(14(9)15)16-7-11(6-13(16)18)8-19-10(2)17/h3-5,11H,6-8H2,1-2H3. The molecule has 0 radical (unpaired) electrons. The van der Waals surface area contributed by atoms with Gasteiger partial charge in [-0.2, -0.15) is 0 Å². The van der Waals surface area contributed by atoms with Crippen LogP contribution >= 0.6 is 27.7 Å². The fourth-order valence-corrected chi connectivity index (χ4v) is 3.37. The van der Waals surface area contributed by atoms with Crippen LogP contribution in [-0.2, 0) is 9.59 Å². The first kappa shape index (κ1) is 14.6. The van der Waals surface area contributed by atoms with Crippen LogP contribution in [0.15, 0.2) is 22.7 Å². The third-order valence-corrected chi connectivity index (χ3v) is 5.27. The molecular weight excluding hydrogens is 326 g/mol. The summed E-state index contributed by atoms with van der Waals surface area (Å²) < 4.78 is 0.975. The Labute approximate surface area is 125 Å². The number of hydrogen-bond donors (Lipinski definition) is 0. The third-order valence-electron chi connectivity index (χ3n) is 3.19. The second-order valence-electron chi connectivity index (χ2n) is 4.79. The van der Waals surface area contributed by atoms with Crippen molar-refractivity contribution < 1.29 is 9.59 Å². The molecule has 0 bridgehead atoms. The van der Waals surface area contributed by atoms with Crippen LogP contribution in [0.1, 0.15) is 18.9 Å². The van der Waals surface area contributed by atoms with Gasteiger partial charge in [0, 0.05) is 30.1 Å². The zero-order valence-corrected chi connectivity index (χ0v) is 13.4. The minimum atomic E-state index is 0.114. The van der Waals surface area contributed by atoms with Crippen LogP contribution in [0.3, 0.4) is 0 Å². The number of rotatable bonds is 3. The number of carbonyl (C=O) groups is 2. The maximum absolute atomic E-state index is 12.1. The van der Waals surface area contributed by atoms with Crippen molar-refractivity contribution in [2.45, 2.75) is 20.3 Å². The third kappa shape index (κ3) is 3.39. The number of amides is 1. The first-order valence-corrected chi connectivity index (χ1v) is 7.95. The molecule has 102 valence electrons. The highest BCUT2D eigenvalue weighted by molar-refractivity contribution is 9.10. The van der Waals surface area contributed by atoms with Crippen molar-refractivity contribution in [1.29, 1.82) is 0 Å². The molecule has 1 atom stereocenters. The van der Waals surface area contributed by atoms with Gasteiger partial charge in [-0.05, 0) is 40.4 Å². The quantitative estimate of drug-likeness (QED) is 0.845. The molecule has 1 aromatic carbocycles. The van der Waals surface area contributed by atoms with E-state index in [1.54, 1.807) is 6.92 Å². The van der Waals surface area contributed by atoms with Crippen molar-refractivity contribution in [2.75, 3.05) is 17.2 Å². The Morgan fingerprint density at radius 3 is 2.95 bits per heavy atom. The van der Waals surface area contributed by atoms with Gasteiger partial charge in [-0.25, -0.2) is 0 Å². The molecule has 1 aromatic rings. The summed E-state index contributed by atoms with van der Waals surface area (Å²) in [6.07, 6.45) is 0.528. The Hall–Kier alpha value is -0.810. The van der Waals surface area contributed by atoms with Gasteiger partial charge in [0.05, 0.1) is 5.69 Å². The molecule has 1 fully saturated rings. The SMILES string of the molecule is CC(=O)SCC1CC(=O)N(c2cccc(C)c2Br)C1. The second-order valence-corrected chi connectivity index (χ2v) is 6.78. The predicted molar refractivity (Wildman–Crippen MR) is 82.5 cm³/mol. The van der Waals surface area contributed by atoms with Gasteiger partial charge in [-0.15, -0.1) is 0 Å². The van der Waals surface area contributed by atoms with E-state index < -0.39 is 0 Å². The Balaban J connectivity index is 2.11. The minimum absolute atomic E-state index is 0.114. The largest absolute Gasteiger partial charge is 0.311 e. The number of carbonyl (C=O) groups excluding carboxylic acids is 2. The van der Waals surface area contributed by atoms with Gasteiger partial charge in [0.1, 0.15) is 0 Å². The maximum atomic E-state index is 12.1. The first-order chi connectivity index (χ1) is 8.99. The number of aryl methyl sites for hydroxylation is 1. The van der Waals surface area contributed by atoms with Gasteiger partial charge < -0.3 is 4.90 Å². The Bertz CT molecular complexity index is 518. The van der Waals surface area contributed by atoms with E-state index in [9.17, 15) is 9.59 Å². The number of anilines is 1. The van der Waals surface area contributed by atoms with Crippen LogP contribution < -0.4 is 4.90 Å². The average Bonchev–Trinajstić information content (AvgIpc) is 2.71. The van der Waals surface area contributed by atoms with Crippen molar-refractivity contribution in [3.05, 3.63) is 28.2 Å². The number of halogens is 1. The molecule has 1 aliphatic rings. The summed E-state index contributed by atoms with van der Waals surface area (Å²) in [7, 11) is 0. The molecule has 19 heavy (non-hydrogen) atoms. The molecule has 0 aliphatic carbocycles. The second kappa shape index (κ2) is 6.09. The summed E-state index contributed by atoms with van der Waals surface area (Å²) in [5.41, 5.74) is 2.05. The lowest BCUT2D eigenvalue weighted by Crippen LogP contribution is -2.25. The summed E-state index contributed by atoms with van der Waals surface area (Å²) in [5.74, 6) is 1.12. The van der Waals surface area contributed by atoms with Crippen molar-refractivity contribution in [3.8, 4) is 0 Å². The predicted octanol–water partition coefficient (Wildman–Crippen LogP) is 3.39. The van der Waals surface area contributed by atoms with E-state index in [1.165, 1.54) is 11.8 Å². The molecule has 0 spiro atoms. The Kier molecular flexibility index (Phi) is 4.68. The van der Waals surface area contributed by atoms with Gasteiger partial charge in [-0.3, -0.25) is 9.59 Å². The van der Waals surface area contributed by atoms with E-state index in [2.05, 4.69) is 15.9 Å². The van der Waals surface area contributed by atoms with E-state index in [4.69, 9.17) is 0 Å². The van der Waals surface area contributed by atoms with Crippen LogP contribution in [0.5, 0.6) is 0 Å².